The van der Waals surface area contributed by atoms with E-state index in [1.54, 1.807) is 0 Å². The van der Waals surface area contributed by atoms with Gasteiger partial charge in [0.05, 0.1) is 6.04 Å². The molecule has 2 heterocycles. The fourth-order valence-corrected chi connectivity index (χ4v) is 2.80. The molecule has 1 N–H and O–H groups in total. The summed E-state index contributed by atoms with van der Waals surface area (Å²) in [7, 11) is 0. The summed E-state index contributed by atoms with van der Waals surface area (Å²) in [6.07, 6.45) is 3.11. The minimum absolute atomic E-state index is 0.392. The highest BCUT2D eigenvalue weighted by Gasteiger charge is 2.40. The number of hydrogen-bond donors (Lipinski definition) is 1. The maximum absolute atomic E-state index is 4.46. The van der Waals surface area contributed by atoms with Gasteiger partial charge in [0.25, 0.3) is 0 Å². The third kappa shape index (κ3) is 1.51. The Morgan fingerprint density at radius 3 is 2.85 bits per heavy atom. The highest BCUT2D eigenvalue weighted by molar-refractivity contribution is 7.11. The van der Waals surface area contributed by atoms with E-state index in [0.29, 0.717) is 11.5 Å². The predicted octanol–water partition coefficient (Wildman–Crippen LogP) is 2.38. The molecule has 1 aliphatic rings. The number of thiazole rings is 1. The number of aromatic nitrogens is 1. The second-order valence-electron chi connectivity index (χ2n) is 4.32. The van der Waals surface area contributed by atoms with E-state index < -0.39 is 0 Å². The van der Waals surface area contributed by atoms with Gasteiger partial charge < -0.3 is 5.32 Å². The Bertz CT molecular complexity index is 304. The Morgan fingerprint density at radius 1 is 1.69 bits per heavy atom. The summed E-state index contributed by atoms with van der Waals surface area (Å²) >= 11 is 1.85. The lowest BCUT2D eigenvalue weighted by molar-refractivity contribution is 0.128. The van der Waals surface area contributed by atoms with E-state index in [1.807, 2.05) is 17.5 Å². The quantitative estimate of drug-likeness (QED) is 0.785. The number of rotatable bonds is 2. The molecule has 2 rings (SSSR count). The molecule has 1 saturated heterocycles. The van der Waals surface area contributed by atoms with Gasteiger partial charge in [-0.3, -0.25) is 0 Å². The molecular weight excluding hydrogens is 180 g/mol. The molecule has 1 aliphatic heterocycles. The van der Waals surface area contributed by atoms with Gasteiger partial charge in [0.2, 0.25) is 0 Å². The topological polar surface area (TPSA) is 24.9 Å². The maximum atomic E-state index is 4.46. The zero-order valence-corrected chi connectivity index (χ0v) is 9.24. The molecule has 0 aliphatic carbocycles. The first-order chi connectivity index (χ1) is 6.13. The SMILES string of the molecule is CCc1cnc(C2NCC2(C)C)s1. The molecule has 3 heteroatoms. The molecule has 1 aromatic rings. The van der Waals surface area contributed by atoms with Crippen molar-refractivity contribution >= 4 is 11.3 Å². The predicted molar refractivity (Wildman–Crippen MR) is 56.0 cm³/mol. The van der Waals surface area contributed by atoms with E-state index in [2.05, 4.69) is 31.1 Å². The Morgan fingerprint density at radius 2 is 2.46 bits per heavy atom. The highest BCUT2D eigenvalue weighted by atomic mass is 32.1. The van der Waals surface area contributed by atoms with Crippen LogP contribution in [0, 0.1) is 5.41 Å². The molecule has 72 valence electrons. The Labute approximate surface area is 83.4 Å². The smallest absolute Gasteiger partial charge is 0.110 e. The minimum Gasteiger partial charge on any atom is -0.307 e. The van der Waals surface area contributed by atoms with Crippen LogP contribution in [0.15, 0.2) is 6.20 Å². The Kier molecular flexibility index (Phi) is 2.16. The molecule has 13 heavy (non-hydrogen) atoms. The van der Waals surface area contributed by atoms with Crippen LogP contribution in [-0.2, 0) is 6.42 Å². The van der Waals surface area contributed by atoms with Crippen LogP contribution in [0.5, 0.6) is 0 Å². The molecule has 0 spiro atoms. The van der Waals surface area contributed by atoms with Crippen molar-refractivity contribution < 1.29 is 0 Å². The lowest BCUT2D eigenvalue weighted by atomic mass is 9.78. The van der Waals surface area contributed by atoms with E-state index in [9.17, 15) is 0 Å². The lowest BCUT2D eigenvalue weighted by Crippen LogP contribution is -2.52. The molecule has 0 aromatic carbocycles. The van der Waals surface area contributed by atoms with Crippen LogP contribution in [0.2, 0.25) is 0 Å². The van der Waals surface area contributed by atoms with E-state index in [4.69, 9.17) is 0 Å². The molecule has 1 aromatic heterocycles. The summed E-state index contributed by atoms with van der Waals surface area (Å²) in [5, 5.41) is 4.69. The average Bonchev–Trinajstić information content (AvgIpc) is 2.51. The van der Waals surface area contributed by atoms with E-state index in [1.165, 1.54) is 9.88 Å². The fraction of sp³-hybridized carbons (Fsp3) is 0.700. The first-order valence-corrected chi connectivity index (χ1v) is 5.63. The van der Waals surface area contributed by atoms with E-state index in [-0.39, 0.29) is 0 Å². The first-order valence-electron chi connectivity index (χ1n) is 4.81. The van der Waals surface area contributed by atoms with Gasteiger partial charge in [-0.1, -0.05) is 20.8 Å². The molecule has 2 nitrogen and oxygen atoms in total. The van der Waals surface area contributed by atoms with Crippen molar-refractivity contribution in [2.24, 2.45) is 5.41 Å². The molecule has 1 unspecified atom stereocenters. The van der Waals surface area contributed by atoms with Crippen molar-refractivity contribution in [1.29, 1.82) is 0 Å². The molecule has 1 atom stereocenters. The number of nitrogens with one attached hydrogen (secondary N) is 1. The summed E-state index contributed by atoms with van der Waals surface area (Å²) in [5.41, 5.74) is 0.392. The Hall–Kier alpha value is -0.410. The van der Waals surface area contributed by atoms with Crippen LogP contribution >= 0.6 is 11.3 Å². The number of hydrogen-bond acceptors (Lipinski definition) is 3. The van der Waals surface area contributed by atoms with Crippen molar-refractivity contribution in [3.63, 3.8) is 0 Å². The van der Waals surface area contributed by atoms with Crippen LogP contribution in [0.25, 0.3) is 0 Å². The monoisotopic (exact) mass is 196 g/mol. The highest BCUT2D eigenvalue weighted by Crippen LogP contribution is 2.41. The van der Waals surface area contributed by atoms with Crippen molar-refractivity contribution in [2.75, 3.05) is 6.54 Å². The van der Waals surface area contributed by atoms with Crippen LogP contribution in [0.4, 0.5) is 0 Å². The third-order valence-electron chi connectivity index (χ3n) is 2.71. The second kappa shape index (κ2) is 3.07. The van der Waals surface area contributed by atoms with Gasteiger partial charge in [0.1, 0.15) is 5.01 Å². The molecule has 1 fully saturated rings. The number of aryl methyl sites for hydroxylation is 1. The average molecular weight is 196 g/mol. The van der Waals surface area contributed by atoms with E-state index >= 15 is 0 Å². The van der Waals surface area contributed by atoms with Gasteiger partial charge in [-0.2, -0.15) is 0 Å². The van der Waals surface area contributed by atoms with Crippen LogP contribution in [0.3, 0.4) is 0 Å². The summed E-state index contributed by atoms with van der Waals surface area (Å²) in [5.74, 6) is 0. The minimum atomic E-state index is 0.392. The van der Waals surface area contributed by atoms with Crippen molar-refractivity contribution in [1.82, 2.24) is 10.3 Å². The lowest BCUT2D eigenvalue weighted by Gasteiger charge is -2.44. The normalized spacial score (nSPS) is 25.6. The summed E-state index contributed by atoms with van der Waals surface area (Å²) < 4.78 is 0. The van der Waals surface area contributed by atoms with Gasteiger partial charge in [0, 0.05) is 17.6 Å². The number of nitrogens with zero attached hydrogens (tertiary/aromatic N) is 1. The van der Waals surface area contributed by atoms with Gasteiger partial charge >= 0.3 is 0 Å². The van der Waals surface area contributed by atoms with Crippen molar-refractivity contribution in [2.45, 2.75) is 33.2 Å². The molecule has 0 bridgehead atoms. The summed E-state index contributed by atoms with van der Waals surface area (Å²) in [6, 6.07) is 0.484. The van der Waals surface area contributed by atoms with Gasteiger partial charge in [-0.15, -0.1) is 11.3 Å². The zero-order valence-electron chi connectivity index (χ0n) is 8.42. The maximum Gasteiger partial charge on any atom is 0.110 e. The largest absolute Gasteiger partial charge is 0.307 e. The first kappa shape index (κ1) is 9.16. The molecular formula is C10H16N2S. The fourth-order valence-electron chi connectivity index (χ4n) is 1.65. The van der Waals surface area contributed by atoms with Gasteiger partial charge in [-0.25, -0.2) is 4.98 Å². The zero-order chi connectivity index (χ0) is 9.47. The van der Waals surface area contributed by atoms with Crippen molar-refractivity contribution in [3.8, 4) is 0 Å². The summed E-state index contributed by atoms with van der Waals surface area (Å²) in [6.45, 7) is 7.87. The van der Waals surface area contributed by atoms with Crippen LogP contribution < -0.4 is 5.32 Å². The standard InChI is InChI=1S/C10H16N2S/c1-4-7-5-11-9(13-7)8-10(2,3)6-12-8/h5,8,12H,4,6H2,1-3H3. The van der Waals surface area contributed by atoms with Crippen molar-refractivity contribution in [3.05, 3.63) is 16.1 Å². The van der Waals surface area contributed by atoms with Crippen LogP contribution in [-0.4, -0.2) is 11.5 Å². The van der Waals surface area contributed by atoms with Gasteiger partial charge in [-0.05, 0) is 11.8 Å². The summed E-state index contributed by atoms with van der Waals surface area (Å²) in [4.78, 5) is 5.85. The molecule has 0 radical (unpaired) electrons. The van der Waals surface area contributed by atoms with Gasteiger partial charge in [0.15, 0.2) is 0 Å². The third-order valence-corrected chi connectivity index (χ3v) is 3.92. The molecule has 0 saturated carbocycles. The second-order valence-corrected chi connectivity index (χ2v) is 5.47. The van der Waals surface area contributed by atoms with E-state index in [0.717, 1.165) is 13.0 Å². The van der Waals surface area contributed by atoms with Crippen LogP contribution in [0.1, 0.15) is 36.7 Å². The Balaban J connectivity index is 2.17. The molecule has 0 amide bonds.